The van der Waals surface area contributed by atoms with Crippen molar-refractivity contribution >= 4 is 38.3 Å². The number of nitrogens with one attached hydrogen (secondary N) is 2. The predicted molar refractivity (Wildman–Crippen MR) is 82.8 cm³/mol. The van der Waals surface area contributed by atoms with Gasteiger partial charge in [0, 0.05) is 3.57 Å². The zero-order valence-corrected chi connectivity index (χ0v) is 13.8. The number of aromatic nitrogens is 2. The molecule has 19 heavy (non-hydrogen) atoms. The molecule has 1 aromatic carbocycles. The molecule has 0 bridgehead atoms. The van der Waals surface area contributed by atoms with Gasteiger partial charge in [-0.1, -0.05) is 0 Å². The van der Waals surface area contributed by atoms with Gasteiger partial charge < -0.3 is 0 Å². The van der Waals surface area contributed by atoms with Gasteiger partial charge in [0.2, 0.25) is 0 Å². The number of hydrogen-bond acceptors (Lipinski definition) is 3. The van der Waals surface area contributed by atoms with Crippen LogP contribution in [0.4, 0.5) is 5.69 Å². The highest BCUT2D eigenvalue weighted by atomic mass is 127. The van der Waals surface area contributed by atoms with E-state index in [9.17, 15) is 8.42 Å². The summed E-state index contributed by atoms with van der Waals surface area (Å²) >= 11 is 2.19. The summed E-state index contributed by atoms with van der Waals surface area (Å²) in [7, 11) is -3.61. The molecular formula is C12H14IN3O2S. The van der Waals surface area contributed by atoms with Crippen molar-refractivity contribution in [2.24, 2.45) is 0 Å². The van der Waals surface area contributed by atoms with E-state index in [0.29, 0.717) is 17.1 Å². The van der Waals surface area contributed by atoms with E-state index in [2.05, 4.69) is 37.5 Å². The molecule has 0 saturated heterocycles. The van der Waals surface area contributed by atoms with Crippen LogP contribution >= 0.6 is 22.6 Å². The van der Waals surface area contributed by atoms with Crippen LogP contribution < -0.4 is 4.72 Å². The van der Waals surface area contributed by atoms with Crippen LogP contribution in [0.5, 0.6) is 0 Å². The summed E-state index contributed by atoms with van der Waals surface area (Å²) < 4.78 is 28.4. The van der Waals surface area contributed by atoms with Crippen LogP contribution in [0, 0.1) is 24.3 Å². The molecule has 0 unspecified atom stereocenters. The first-order valence-electron chi connectivity index (χ1n) is 5.62. The fraction of sp³-hybridized carbons (Fsp3) is 0.250. The second-order valence-corrected chi connectivity index (χ2v) is 7.19. The highest BCUT2D eigenvalue weighted by Gasteiger charge is 2.22. The molecule has 0 atom stereocenters. The summed E-state index contributed by atoms with van der Waals surface area (Å²) in [6, 6.07) is 5.55. The molecule has 2 rings (SSSR count). The van der Waals surface area contributed by atoms with E-state index in [1.54, 1.807) is 19.9 Å². The molecule has 0 aliphatic heterocycles. The number of anilines is 1. The predicted octanol–water partition coefficient (Wildman–Crippen LogP) is 2.74. The summed E-state index contributed by atoms with van der Waals surface area (Å²) in [6.07, 6.45) is 0. The highest BCUT2D eigenvalue weighted by Crippen LogP contribution is 2.24. The zero-order valence-electron chi connectivity index (χ0n) is 10.8. The van der Waals surface area contributed by atoms with E-state index < -0.39 is 10.0 Å². The van der Waals surface area contributed by atoms with Crippen molar-refractivity contribution in [3.8, 4) is 0 Å². The zero-order chi connectivity index (χ0) is 14.2. The van der Waals surface area contributed by atoms with Gasteiger partial charge in [0.1, 0.15) is 4.90 Å². The molecule has 0 fully saturated rings. The molecule has 0 radical (unpaired) electrons. The van der Waals surface area contributed by atoms with Gasteiger partial charge in [0.15, 0.2) is 0 Å². The van der Waals surface area contributed by atoms with Crippen molar-refractivity contribution in [3.05, 3.63) is 38.7 Å². The quantitative estimate of drug-likeness (QED) is 0.791. The van der Waals surface area contributed by atoms with Crippen molar-refractivity contribution in [1.82, 2.24) is 10.2 Å². The summed E-state index contributed by atoms with van der Waals surface area (Å²) in [4.78, 5) is 0.213. The largest absolute Gasteiger partial charge is 0.281 e. The molecule has 0 saturated carbocycles. The topological polar surface area (TPSA) is 74.8 Å². The average Bonchev–Trinajstić information content (AvgIpc) is 2.63. The number of halogens is 1. The Balaban J connectivity index is 2.42. The number of sulfonamides is 1. The van der Waals surface area contributed by atoms with E-state index in [1.165, 1.54) is 0 Å². The maximum Gasteiger partial charge on any atom is 0.265 e. The molecule has 7 heteroatoms. The Hall–Kier alpha value is -1.09. The maximum absolute atomic E-state index is 12.4. The molecule has 0 aliphatic carbocycles. The molecular weight excluding hydrogens is 377 g/mol. The molecule has 1 aromatic heterocycles. The normalized spacial score (nSPS) is 11.6. The van der Waals surface area contributed by atoms with E-state index in [0.717, 1.165) is 9.13 Å². The third-order valence-electron chi connectivity index (χ3n) is 2.76. The molecule has 102 valence electrons. The van der Waals surface area contributed by atoms with Crippen LogP contribution in [-0.2, 0) is 10.0 Å². The third kappa shape index (κ3) is 2.92. The number of rotatable bonds is 3. The lowest BCUT2D eigenvalue weighted by molar-refractivity contribution is 0.600. The van der Waals surface area contributed by atoms with Crippen molar-refractivity contribution in [3.63, 3.8) is 0 Å². The van der Waals surface area contributed by atoms with Gasteiger partial charge in [-0.3, -0.25) is 9.82 Å². The second kappa shape index (κ2) is 5.12. The average molecular weight is 391 g/mol. The van der Waals surface area contributed by atoms with Crippen molar-refractivity contribution in [2.75, 3.05) is 4.72 Å². The Bertz CT molecular complexity index is 703. The lowest BCUT2D eigenvalue weighted by Crippen LogP contribution is -2.15. The van der Waals surface area contributed by atoms with Gasteiger partial charge in [-0.2, -0.15) is 5.10 Å². The Morgan fingerprint density at radius 3 is 2.47 bits per heavy atom. The number of hydrogen-bond donors (Lipinski definition) is 2. The number of H-pyrrole nitrogens is 1. The monoisotopic (exact) mass is 391 g/mol. The minimum Gasteiger partial charge on any atom is -0.281 e. The van der Waals surface area contributed by atoms with E-state index >= 15 is 0 Å². The van der Waals surface area contributed by atoms with E-state index in [1.807, 2.05) is 19.1 Å². The fourth-order valence-corrected chi connectivity index (χ4v) is 4.02. The molecule has 0 amide bonds. The summed E-state index contributed by atoms with van der Waals surface area (Å²) in [5.41, 5.74) is 2.47. The van der Waals surface area contributed by atoms with Gasteiger partial charge in [0.05, 0.1) is 17.1 Å². The number of nitrogens with zero attached hydrogens (tertiary/aromatic N) is 1. The van der Waals surface area contributed by atoms with E-state index in [4.69, 9.17) is 0 Å². The molecule has 2 aromatic rings. The van der Waals surface area contributed by atoms with Gasteiger partial charge >= 0.3 is 0 Å². The first-order chi connectivity index (χ1) is 8.81. The fourth-order valence-electron chi connectivity index (χ4n) is 1.87. The second-order valence-electron chi connectivity index (χ2n) is 4.33. The lowest BCUT2D eigenvalue weighted by Gasteiger charge is -2.11. The Morgan fingerprint density at radius 2 is 1.95 bits per heavy atom. The van der Waals surface area contributed by atoms with Gasteiger partial charge in [-0.05, 0) is 67.1 Å². The first kappa shape index (κ1) is 14.3. The van der Waals surface area contributed by atoms with Crippen LogP contribution in [0.15, 0.2) is 23.1 Å². The van der Waals surface area contributed by atoms with Crippen LogP contribution in [0.25, 0.3) is 0 Å². The van der Waals surface area contributed by atoms with Crippen molar-refractivity contribution in [1.29, 1.82) is 0 Å². The molecule has 0 spiro atoms. The van der Waals surface area contributed by atoms with Gasteiger partial charge in [-0.25, -0.2) is 8.42 Å². The van der Waals surface area contributed by atoms with Crippen molar-refractivity contribution < 1.29 is 8.42 Å². The third-order valence-corrected chi connectivity index (χ3v) is 5.06. The van der Waals surface area contributed by atoms with Crippen LogP contribution in [0.2, 0.25) is 0 Å². The highest BCUT2D eigenvalue weighted by molar-refractivity contribution is 14.1. The number of aryl methyl sites for hydroxylation is 3. The van der Waals surface area contributed by atoms with Crippen LogP contribution in [0.3, 0.4) is 0 Å². The standard InChI is InChI=1S/C12H14IN3O2S/c1-7-6-10(13)4-5-11(7)16-19(17,18)12-8(2)14-15-9(12)3/h4-6,16H,1-3H3,(H,14,15). The molecule has 5 nitrogen and oxygen atoms in total. The van der Waals surface area contributed by atoms with Crippen LogP contribution in [0.1, 0.15) is 17.0 Å². The molecule has 0 aliphatic rings. The van der Waals surface area contributed by atoms with Gasteiger partial charge in [-0.15, -0.1) is 0 Å². The summed E-state index contributed by atoms with van der Waals surface area (Å²) in [5, 5.41) is 6.60. The smallest absolute Gasteiger partial charge is 0.265 e. The molecule has 1 heterocycles. The minimum atomic E-state index is -3.61. The molecule has 2 N–H and O–H groups in total. The number of aromatic amines is 1. The Labute approximate surface area is 126 Å². The van der Waals surface area contributed by atoms with Gasteiger partial charge in [0.25, 0.3) is 10.0 Å². The maximum atomic E-state index is 12.4. The van der Waals surface area contributed by atoms with E-state index in [-0.39, 0.29) is 4.90 Å². The summed E-state index contributed by atoms with van der Waals surface area (Å²) in [5.74, 6) is 0. The van der Waals surface area contributed by atoms with Crippen molar-refractivity contribution in [2.45, 2.75) is 25.7 Å². The first-order valence-corrected chi connectivity index (χ1v) is 8.18. The Morgan fingerprint density at radius 1 is 1.26 bits per heavy atom. The SMILES string of the molecule is Cc1cc(I)ccc1NS(=O)(=O)c1c(C)n[nH]c1C. The lowest BCUT2D eigenvalue weighted by atomic mass is 10.2. The minimum absolute atomic E-state index is 0.213. The Kier molecular flexibility index (Phi) is 3.86. The number of benzene rings is 1. The van der Waals surface area contributed by atoms with Crippen LogP contribution in [-0.4, -0.2) is 18.6 Å². The summed E-state index contributed by atoms with van der Waals surface area (Å²) in [6.45, 7) is 5.23.